The second-order valence-corrected chi connectivity index (χ2v) is 7.77. The highest BCUT2D eigenvalue weighted by atomic mass is 16.5. The molecule has 0 saturated heterocycles. The average Bonchev–Trinajstić information content (AvgIpc) is 3.28. The minimum absolute atomic E-state index is 0.0319. The second kappa shape index (κ2) is 7.84. The number of carbonyl (C=O) groups excluding carboxylic acids is 1. The Morgan fingerprint density at radius 2 is 1.76 bits per heavy atom. The van der Waals surface area contributed by atoms with Crippen LogP contribution in [0, 0.1) is 0 Å². The molecule has 1 N–H and O–H groups in total. The summed E-state index contributed by atoms with van der Waals surface area (Å²) in [5.41, 5.74) is 5.11. The van der Waals surface area contributed by atoms with Gasteiger partial charge in [-0.25, -0.2) is 4.98 Å². The van der Waals surface area contributed by atoms with Crippen LogP contribution < -0.4 is 4.74 Å². The van der Waals surface area contributed by atoms with Crippen LogP contribution in [0.25, 0.3) is 33.1 Å². The number of allylic oxidation sites excluding steroid dienone is 4. The fraction of sp³-hybridized carbons (Fsp3) is 0.0370. The van der Waals surface area contributed by atoms with Gasteiger partial charge in [0.25, 0.3) is 0 Å². The molecule has 0 radical (unpaired) electrons. The second-order valence-electron chi connectivity index (χ2n) is 7.77. The molecule has 0 aliphatic heterocycles. The van der Waals surface area contributed by atoms with Crippen molar-refractivity contribution >= 4 is 38.9 Å². The van der Waals surface area contributed by atoms with E-state index in [9.17, 15) is 4.79 Å². The molecule has 0 amide bonds. The maximum absolute atomic E-state index is 12.8. The number of aromatic amines is 1. The number of fused-ring (bicyclic) bond motifs is 2. The average molecular weight is 430 g/mol. The first-order valence-electron chi connectivity index (χ1n) is 10.6. The Balaban J connectivity index is 1.37. The zero-order valence-corrected chi connectivity index (χ0v) is 17.5. The van der Waals surface area contributed by atoms with E-state index in [1.165, 1.54) is 0 Å². The van der Waals surface area contributed by atoms with Gasteiger partial charge in [0.05, 0.1) is 22.1 Å². The minimum Gasteiger partial charge on any atom is -0.457 e. The number of nitrogens with one attached hydrogen (secondary N) is 1. The largest absolute Gasteiger partial charge is 0.457 e. The molecule has 0 spiro atoms. The van der Waals surface area contributed by atoms with Crippen LogP contribution in [0.5, 0.6) is 11.5 Å². The number of nitrogens with zero attached hydrogens (tertiary/aromatic N) is 3. The SMILES string of the molecule is O=C1CC=C(c2ccnc3ccccc23)C=C1c1nc2ccc(Oc3ccncc3)cc2[nH]1. The van der Waals surface area contributed by atoms with E-state index in [0.717, 1.165) is 33.1 Å². The van der Waals surface area contributed by atoms with Crippen LogP contribution in [-0.2, 0) is 4.79 Å². The smallest absolute Gasteiger partial charge is 0.170 e. The van der Waals surface area contributed by atoms with Crippen molar-refractivity contribution < 1.29 is 9.53 Å². The monoisotopic (exact) mass is 430 g/mol. The summed E-state index contributed by atoms with van der Waals surface area (Å²) in [5.74, 6) is 1.97. The Bertz CT molecular complexity index is 1580. The molecule has 3 heterocycles. The number of benzene rings is 2. The Morgan fingerprint density at radius 3 is 2.67 bits per heavy atom. The minimum atomic E-state index is 0.0319. The first kappa shape index (κ1) is 19.1. The van der Waals surface area contributed by atoms with E-state index < -0.39 is 0 Å². The van der Waals surface area contributed by atoms with Crippen LogP contribution in [-0.4, -0.2) is 25.7 Å². The van der Waals surface area contributed by atoms with Crippen molar-refractivity contribution in [3.05, 3.63) is 103 Å². The van der Waals surface area contributed by atoms with E-state index in [-0.39, 0.29) is 5.78 Å². The van der Waals surface area contributed by atoms with E-state index in [1.54, 1.807) is 30.7 Å². The number of rotatable bonds is 4. The van der Waals surface area contributed by atoms with Crippen LogP contribution >= 0.6 is 0 Å². The van der Waals surface area contributed by atoms with Crippen molar-refractivity contribution in [1.29, 1.82) is 0 Å². The molecule has 6 rings (SSSR count). The summed E-state index contributed by atoms with van der Waals surface area (Å²) in [6.45, 7) is 0. The highest BCUT2D eigenvalue weighted by Crippen LogP contribution is 2.32. The molecule has 158 valence electrons. The number of ketones is 1. The molecule has 0 saturated carbocycles. The first-order chi connectivity index (χ1) is 16.2. The molecular formula is C27H18N4O2. The molecule has 33 heavy (non-hydrogen) atoms. The molecule has 1 aliphatic rings. The maximum atomic E-state index is 12.8. The lowest BCUT2D eigenvalue weighted by Crippen LogP contribution is -2.07. The van der Waals surface area contributed by atoms with Gasteiger partial charge in [-0.2, -0.15) is 0 Å². The van der Waals surface area contributed by atoms with Crippen molar-refractivity contribution in [2.45, 2.75) is 6.42 Å². The van der Waals surface area contributed by atoms with E-state index in [1.807, 2.05) is 60.7 Å². The van der Waals surface area contributed by atoms with Crippen LogP contribution in [0.3, 0.4) is 0 Å². The van der Waals surface area contributed by atoms with Crippen molar-refractivity contribution in [2.24, 2.45) is 0 Å². The molecule has 0 unspecified atom stereocenters. The van der Waals surface area contributed by atoms with E-state index in [4.69, 9.17) is 4.74 Å². The fourth-order valence-corrected chi connectivity index (χ4v) is 4.07. The van der Waals surface area contributed by atoms with E-state index in [2.05, 4.69) is 19.9 Å². The number of ether oxygens (including phenoxy) is 1. The van der Waals surface area contributed by atoms with Gasteiger partial charge in [0, 0.05) is 36.5 Å². The summed E-state index contributed by atoms with van der Waals surface area (Å²) in [6.07, 6.45) is 9.37. The van der Waals surface area contributed by atoms with Crippen LogP contribution in [0.1, 0.15) is 17.8 Å². The Morgan fingerprint density at radius 1 is 0.879 bits per heavy atom. The van der Waals surface area contributed by atoms with E-state index >= 15 is 0 Å². The maximum Gasteiger partial charge on any atom is 0.170 e. The number of Topliss-reactive ketones (excluding diaryl/α,β-unsaturated/α-hetero) is 1. The third-order valence-corrected chi connectivity index (χ3v) is 5.66. The number of pyridine rings is 2. The van der Waals surface area contributed by atoms with Gasteiger partial charge < -0.3 is 9.72 Å². The Hall–Kier alpha value is -4.58. The molecule has 2 aromatic carbocycles. The van der Waals surface area contributed by atoms with Crippen LogP contribution in [0.15, 0.2) is 91.4 Å². The van der Waals surface area contributed by atoms with Gasteiger partial charge in [0.1, 0.15) is 17.3 Å². The fourth-order valence-electron chi connectivity index (χ4n) is 4.07. The lowest BCUT2D eigenvalue weighted by molar-refractivity contribution is -0.113. The van der Waals surface area contributed by atoms with Gasteiger partial charge >= 0.3 is 0 Å². The number of hydrogen-bond acceptors (Lipinski definition) is 5. The zero-order valence-electron chi connectivity index (χ0n) is 17.5. The number of hydrogen-bond donors (Lipinski definition) is 1. The molecule has 5 aromatic rings. The Kier molecular flexibility index (Phi) is 4.54. The van der Waals surface area contributed by atoms with Gasteiger partial charge in [0.15, 0.2) is 5.78 Å². The summed E-state index contributed by atoms with van der Waals surface area (Å²) >= 11 is 0. The van der Waals surface area contributed by atoms with Crippen molar-refractivity contribution in [3.8, 4) is 11.5 Å². The quantitative estimate of drug-likeness (QED) is 0.393. The molecule has 0 bridgehead atoms. The van der Waals surface area contributed by atoms with Crippen LogP contribution in [0.4, 0.5) is 0 Å². The third-order valence-electron chi connectivity index (χ3n) is 5.66. The van der Waals surface area contributed by atoms with Crippen molar-refractivity contribution in [3.63, 3.8) is 0 Å². The normalized spacial score (nSPS) is 13.8. The predicted octanol–water partition coefficient (Wildman–Crippen LogP) is 5.74. The van der Waals surface area contributed by atoms with Gasteiger partial charge in [0.2, 0.25) is 0 Å². The number of aromatic nitrogens is 4. The molecule has 6 nitrogen and oxygen atoms in total. The van der Waals surface area contributed by atoms with Gasteiger partial charge in [-0.3, -0.25) is 14.8 Å². The van der Waals surface area contributed by atoms with Crippen molar-refractivity contribution in [1.82, 2.24) is 19.9 Å². The molecular weight excluding hydrogens is 412 g/mol. The number of imidazole rings is 1. The van der Waals surface area contributed by atoms with Crippen molar-refractivity contribution in [2.75, 3.05) is 0 Å². The summed E-state index contributed by atoms with van der Waals surface area (Å²) in [7, 11) is 0. The van der Waals surface area contributed by atoms with E-state index in [0.29, 0.717) is 29.3 Å². The number of para-hydroxylation sites is 1. The standard InChI is InChI=1S/C27H18N4O2/c32-26-8-5-17(20-11-14-29-23-4-2-1-3-21(20)23)15-22(26)27-30-24-7-6-19(16-25(24)31-27)33-18-9-12-28-13-10-18/h1-7,9-16H,8H2,(H,30,31). The van der Waals surface area contributed by atoms with Gasteiger partial charge in [-0.1, -0.05) is 24.3 Å². The Labute approximate surface area is 189 Å². The molecule has 1 aliphatic carbocycles. The highest BCUT2D eigenvalue weighted by Gasteiger charge is 2.21. The first-order valence-corrected chi connectivity index (χ1v) is 10.6. The van der Waals surface area contributed by atoms with Crippen LogP contribution in [0.2, 0.25) is 0 Å². The van der Waals surface area contributed by atoms with Gasteiger partial charge in [-0.15, -0.1) is 0 Å². The predicted molar refractivity (Wildman–Crippen MR) is 128 cm³/mol. The topological polar surface area (TPSA) is 80.8 Å². The number of H-pyrrole nitrogens is 1. The molecule has 6 heteroatoms. The highest BCUT2D eigenvalue weighted by molar-refractivity contribution is 6.24. The number of carbonyl (C=O) groups is 1. The summed E-state index contributed by atoms with van der Waals surface area (Å²) in [4.78, 5) is 29.2. The lowest BCUT2D eigenvalue weighted by Gasteiger charge is -2.13. The zero-order chi connectivity index (χ0) is 22.2. The summed E-state index contributed by atoms with van der Waals surface area (Å²) in [6, 6.07) is 19.2. The summed E-state index contributed by atoms with van der Waals surface area (Å²) in [5, 5.41) is 1.05. The third kappa shape index (κ3) is 3.57. The molecule has 0 atom stereocenters. The molecule has 3 aromatic heterocycles. The summed E-state index contributed by atoms with van der Waals surface area (Å²) < 4.78 is 5.89. The molecule has 0 fully saturated rings. The lowest BCUT2D eigenvalue weighted by atomic mass is 9.92. The van der Waals surface area contributed by atoms with Gasteiger partial charge in [-0.05, 0) is 53.6 Å².